The number of carbonyl (C=O) groups is 3. The number of amides is 1. The molecule has 158 valence electrons. The van der Waals surface area contributed by atoms with Crippen LogP contribution in [0.25, 0.3) is 0 Å². The van der Waals surface area contributed by atoms with Crippen molar-refractivity contribution in [3.8, 4) is 0 Å². The van der Waals surface area contributed by atoms with Crippen LogP contribution in [0.4, 0.5) is 0 Å². The van der Waals surface area contributed by atoms with Crippen LogP contribution in [0.3, 0.4) is 0 Å². The van der Waals surface area contributed by atoms with Crippen LogP contribution in [0.15, 0.2) is 22.8 Å². The van der Waals surface area contributed by atoms with E-state index in [9.17, 15) is 14.4 Å². The molecule has 0 spiro atoms. The Bertz CT molecular complexity index is 864. The molecule has 2 heterocycles. The molecule has 0 aliphatic rings. The molecule has 0 aliphatic carbocycles. The summed E-state index contributed by atoms with van der Waals surface area (Å²) in [5.41, 5.74) is 1.80. The predicted molar refractivity (Wildman–Crippen MR) is 109 cm³/mol. The third-order valence-corrected chi connectivity index (χ3v) is 4.95. The molecule has 29 heavy (non-hydrogen) atoms. The van der Waals surface area contributed by atoms with Crippen LogP contribution in [-0.2, 0) is 4.74 Å². The van der Waals surface area contributed by atoms with Gasteiger partial charge in [-0.05, 0) is 57.7 Å². The van der Waals surface area contributed by atoms with Crippen molar-refractivity contribution in [2.45, 2.75) is 54.0 Å². The largest absolute Gasteiger partial charge is 0.461 e. The summed E-state index contributed by atoms with van der Waals surface area (Å²) in [6, 6.07) is 2.52. The topological polar surface area (TPSA) is 92.6 Å². The Balaban J connectivity index is 2.35. The van der Waals surface area contributed by atoms with Crippen LogP contribution in [0.5, 0.6) is 0 Å². The molecule has 1 amide bonds. The second-order valence-electron chi connectivity index (χ2n) is 7.54. The standard InChI is InChI=1S/C22H30N2O5/c1-7-28-22(27)19-14(4)18(15(5)23-19)20(25)16(6)24(11-10-13(2)3)21(26)17-9-8-12-29-17/h8-9,12-13,16,23H,7,10-11H2,1-6H3. The molecule has 1 N–H and O–H groups in total. The normalized spacial score (nSPS) is 12.1. The molecule has 2 aromatic heterocycles. The van der Waals surface area contributed by atoms with Crippen LogP contribution in [-0.4, -0.2) is 46.7 Å². The van der Waals surface area contributed by atoms with Gasteiger partial charge in [0.05, 0.1) is 18.9 Å². The zero-order valence-corrected chi connectivity index (χ0v) is 18.0. The maximum absolute atomic E-state index is 13.3. The summed E-state index contributed by atoms with van der Waals surface area (Å²) < 4.78 is 10.3. The van der Waals surface area contributed by atoms with Gasteiger partial charge in [-0.25, -0.2) is 4.79 Å². The average Bonchev–Trinajstić information content (AvgIpc) is 3.29. The van der Waals surface area contributed by atoms with E-state index >= 15 is 0 Å². The summed E-state index contributed by atoms with van der Waals surface area (Å²) in [5.74, 6) is -0.481. The number of H-pyrrole nitrogens is 1. The van der Waals surface area contributed by atoms with E-state index < -0.39 is 12.0 Å². The molecule has 0 saturated carbocycles. The van der Waals surface area contributed by atoms with Crippen molar-refractivity contribution in [3.63, 3.8) is 0 Å². The molecule has 0 saturated heterocycles. The minimum atomic E-state index is -0.713. The molecule has 0 bridgehead atoms. The Labute approximate surface area is 171 Å². The lowest BCUT2D eigenvalue weighted by Gasteiger charge is -2.28. The van der Waals surface area contributed by atoms with Crippen molar-refractivity contribution in [2.75, 3.05) is 13.2 Å². The lowest BCUT2D eigenvalue weighted by molar-refractivity contribution is 0.0518. The van der Waals surface area contributed by atoms with Gasteiger partial charge < -0.3 is 19.0 Å². The van der Waals surface area contributed by atoms with Crippen molar-refractivity contribution in [3.05, 3.63) is 46.7 Å². The summed E-state index contributed by atoms with van der Waals surface area (Å²) in [5, 5.41) is 0. The van der Waals surface area contributed by atoms with Crippen LogP contribution in [0.1, 0.15) is 76.8 Å². The van der Waals surface area contributed by atoms with Crippen molar-refractivity contribution < 1.29 is 23.5 Å². The number of rotatable bonds is 9. The number of aromatic nitrogens is 1. The molecule has 2 rings (SSSR count). The van der Waals surface area contributed by atoms with Gasteiger partial charge in [-0.3, -0.25) is 9.59 Å². The van der Waals surface area contributed by atoms with Crippen LogP contribution in [0, 0.1) is 19.8 Å². The number of nitrogens with one attached hydrogen (secondary N) is 1. The molecule has 0 aliphatic heterocycles. The fraction of sp³-hybridized carbons (Fsp3) is 0.500. The summed E-state index contributed by atoms with van der Waals surface area (Å²) in [6.07, 6.45) is 2.19. The highest BCUT2D eigenvalue weighted by Crippen LogP contribution is 2.23. The molecule has 0 radical (unpaired) electrons. The van der Waals surface area contributed by atoms with E-state index in [0.29, 0.717) is 29.3 Å². The fourth-order valence-corrected chi connectivity index (χ4v) is 3.29. The number of carbonyl (C=O) groups excluding carboxylic acids is 3. The van der Waals surface area contributed by atoms with E-state index in [4.69, 9.17) is 9.15 Å². The zero-order chi connectivity index (χ0) is 21.7. The average molecular weight is 402 g/mol. The fourth-order valence-electron chi connectivity index (χ4n) is 3.29. The number of furan rings is 1. The molecule has 7 heteroatoms. The van der Waals surface area contributed by atoms with Crippen LogP contribution < -0.4 is 0 Å². The van der Waals surface area contributed by atoms with Gasteiger partial charge in [-0.2, -0.15) is 0 Å². The lowest BCUT2D eigenvalue weighted by Crippen LogP contribution is -2.44. The maximum atomic E-state index is 13.3. The summed E-state index contributed by atoms with van der Waals surface area (Å²) in [7, 11) is 0. The minimum Gasteiger partial charge on any atom is -0.461 e. The van der Waals surface area contributed by atoms with E-state index in [1.165, 1.54) is 11.2 Å². The third kappa shape index (κ3) is 4.96. The Morgan fingerprint density at radius 1 is 1.21 bits per heavy atom. The van der Waals surface area contributed by atoms with Crippen molar-refractivity contribution in [1.82, 2.24) is 9.88 Å². The van der Waals surface area contributed by atoms with Crippen molar-refractivity contribution in [1.29, 1.82) is 0 Å². The lowest BCUT2D eigenvalue weighted by atomic mass is 9.99. The second kappa shape index (κ2) is 9.58. The molecule has 2 aromatic rings. The third-order valence-electron chi connectivity index (χ3n) is 4.95. The second-order valence-corrected chi connectivity index (χ2v) is 7.54. The van der Waals surface area contributed by atoms with Gasteiger partial charge in [-0.15, -0.1) is 0 Å². The van der Waals surface area contributed by atoms with E-state index in [1.54, 1.807) is 39.8 Å². The molecule has 0 aromatic carbocycles. The summed E-state index contributed by atoms with van der Waals surface area (Å²) >= 11 is 0. The number of Topliss-reactive ketones (excluding diaryl/α,β-unsaturated/α-hetero) is 1. The van der Waals surface area contributed by atoms with Gasteiger partial charge in [0.25, 0.3) is 5.91 Å². The number of hydrogen-bond donors (Lipinski definition) is 1. The number of hydrogen-bond acceptors (Lipinski definition) is 5. The Hall–Kier alpha value is -2.83. The number of ether oxygens (including phenoxy) is 1. The first-order valence-electron chi connectivity index (χ1n) is 9.93. The van der Waals surface area contributed by atoms with E-state index in [1.807, 2.05) is 0 Å². The quantitative estimate of drug-likeness (QED) is 0.502. The molecular weight excluding hydrogens is 372 g/mol. The van der Waals surface area contributed by atoms with Crippen molar-refractivity contribution >= 4 is 17.7 Å². The van der Waals surface area contributed by atoms with E-state index in [2.05, 4.69) is 18.8 Å². The highest BCUT2D eigenvalue weighted by Gasteiger charge is 2.32. The van der Waals surface area contributed by atoms with Gasteiger partial charge in [0.15, 0.2) is 11.5 Å². The van der Waals surface area contributed by atoms with Gasteiger partial charge >= 0.3 is 5.97 Å². The summed E-state index contributed by atoms with van der Waals surface area (Å²) in [4.78, 5) is 43.0. The van der Waals surface area contributed by atoms with Gasteiger partial charge in [0.2, 0.25) is 0 Å². The molecular formula is C22H30N2O5. The summed E-state index contributed by atoms with van der Waals surface area (Å²) in [6.45, 7) is 11.7. The minimum absolute atomic E-state index is 0.197. The smallest absolute Gasteiger partial charge is 0.355 e. The zero-order valence-electron chi connectivity index (χ0n) is 18.0. The number of nitrogens with zero attached hydrogens (tertiary/aromatic N) is 1. The van der Waals surface area contributed by atoms with E-state index in [0.717, 1.165) is 6.42 Å². The first-order valence-corrected chi connectivity index (χ1v) is 9.93. The molecule has 1 atom stereocenters. The van der Waals surface area contributed by atoms with Crippen LogP contribution in [0.2, 0.25) is 0 Å². The number of ketones is 1. The monoisotopic (exact) mass is 402 g/mol. The number of aromatic amines is 1. The van der Waals surface area contributed by atoms with Gasteiger partial charge in [0.1, 0.15) is 5.69 Å². The highest BCUT2D eigenvalue weighted by molar-refractivity contribution is 6.07. The van der Waals surface area contributed by atoms with Crippen molar-refractivity contribution in [2.24, 2.45) is 5.92 Å². The predicted octanol–water partition coefficient (Wildman–Crippen LogP) is 4.16. The Kier molecular flexibility index (Phi) is 7.42. The molecule has 7 nitrogen and oxygen atoms in total. The molecule has 0 fully saturated rings. The van der Waals surface area contributed by atoms with E-state index in [-0.39, 0.29) is 29.8 Å². The van der Waals surface area contributed by atoms with Gasteiger partial charge in [-0.1, -0.05) is 13.8 Å². The SMILES string of the molecule is CCOC(=O)c1[nH]c(C)c(C(=O)C(C)N(CCC(C)C)C(=O)c2ccco2)c1C. The number of aryl methyl sites for hydroxylation is 1. The Morgan fingerprint density at radius 2 is 1.90 bits per heavy atom. The Morgan fingerprint density at radius 3 is 2.45 bits per heavy atom. The first-order chi connectivity index (χ1) is 13.7. The highest BCUT2D eigenvalue weighted by atomic mass is 16.5. The van der Waals surface area contributed by atoms with Gasteiger partial charge in [0, 0.05) is 17.8 Å². The first kappa shape index (κ1) is 22.5. The van der Waals surface area contributed by atoms with Crippen LogP contribution >= 0.6 is 0 Å². The maximum Gasteiger partial charge on any atom is 0.355 e. The number of esters is 1. The molecule has 1 unspecified atom stereocenters.